The summed E-state index contributed by atoms with van der Waals surface area (Å²) in [5.41, 5.74) is 0.879. The first-order valence-electron chi connectivity index (χ1n) is 7.74. The van der Waals surface area contributed by atoms with Crippen molar-refractivity contribution in [2.45, 2.75) is 18.8 Å². The van der Waals surface area contributed by atoms with Crippen molar-refractivity contribution >= 4 is 34.5 Å². The van der Waals surface area contributed by atoms with Gasteiger partial charge in [0.15, 0.2) is 0 Å². The number of carbonyl (C=O) groups is 1. The van der Waals surface area contributed by atoms with Crippen LogP contribution in [-0.2, 0) is 11.3 Å². The lowest BCUT2D eigenvalue weighted by atomic mass is 10.2. The molecule has 2 atom stereocenters. The molecule has 2 aromatic rings. The highest BCUT2D eigenvalue weighted by Crippen LogP contribution is 2.21. The van der Waals surface area contributed by atoms with Crippen LogP contribution in [0.2, 0.25) is 0 Å². The number of nitrogens with one attached hydrogen (secondary N) is 1. The molecule has 0 bridgehead atoms. The summed E-state index contributed by atoms with van der Waals surface area (Å²) in [5, 5.41) is 12.8. The Labute approximate surface area is 158 Å². The zero-order valence-electron chi connectivity index (χ0n) is 13.2. The fourth-order valence-corrected chi connectivity index (χ4v) is 3.18. The number of nitrogens with zero attached hydrogens (tertiary/aromatic N) is 2. The number of amides is 1. The molecule has 25 heavy (non-hydrogen) atoms. The Morgan fingerprint density at radius 2 is 2.12 bits per heavy atom. The molecule has 0 spiro atoms. The number of rotatable bonds is 4. The molecule has 132 valence electrons. The largest absolute Gasteiger partial charge is 0.445 e. The maximum Gasteiger partial charge on any atom is 0.407 e. The molecule has 0 radical (unpaired) electrons. The van der Waals surface area contributed by atoms with Gasteiger partial charge in [-0.25, -0.2) is 9.78 Å². The van der Waals surface area contributed by atoms with Crippen LogP contribution in [0.3, 0.4) is 0 Å². The molecule has 1 aliphatic heterocycles. The molecule has 1 aromatic carbocycles. The third-order valence-electron chi connectivity index (χ3n) is 3.87. The van der Waals surface area contributed by atoms with E-state index in [9.17, 15) is 14.3 Å². The van der Waals surface area contributed by atoms with Crippen molar-refractivity contribution in [3.05, 3.63) is 57.5 Å². The predicted octanol–water partition coefficient (Wildman–Crippen LogP) is 2.30. The van der Waals surface area contributed by atoms with Crippen LogP contribution in [0.25, 0.3) is 0 Å². The van der Waals surface area contributed by atoms with E-state index in [1.54, 1.807) is 11.0 Å². The summed E-state index contributed by atoms with van der Waals surface area (Å²) in [5.74, 6) is -0.138. The maximum absolute atomic E-state index is 13.5. The third-order valence-corrected chi connectivity index (χ3v) is 4.50. The van der Waals surface area contributed by atoms with Crippen LogP contribution >= 0.6 is 22.6 Å². The molecule has 1 aliphatic rings. The van der Waals surface area contributed by atoms with Gasteiger partial charge in [0, 0.05) is 22.7 Å². The standard InChI is InChI=1S/C17H17FIN3O3/c18-15-6-12(19)7-16(21-15)22-8-13(14(23)9-22)20-17(24)25-10-11-4-2-1-3-5-11/h1-7,13-14,23H,8-10H2,(H,20,24). The van der Waals surface area contributed by atoms with Gasteiger partial charge < -0.3 is 20.1 Å². The first-order chi connectivity index (χ1) is 12.0. The summed E-state index contributed by atoms with van der Waals surface area (Å²) in [6.45, 7) is 0.743. The fourth-order valence-electron chi connectivity index (χ4n) is 2.65. The molecular formula is C17H17FIN3O3. The van der Waals surface area contributed by atoms with E-state index in [4.69, 9.17) is 4.74 Å². The molecule has 2 unspecified atom stereocenters. The molecule has 0 aliphatic carbocycles. The van der Waals surface area contributed by atoms with Crippen molar-refractivity contribution in [3.63, 3.8) is 0 Å². The number of hydrogen-bond donors (Lipinski definition) is 2. The van der Waals surface area contributed by atoms with Crippen LogP contribution in [0.4, 0.5) is 15.0 Å². The minimum atomic E-state index is -0.785. The Kier molecular flexibility index (Phi) is 5.69. The predicted molar refractivity (Wildman–Crippen MR) is 98.7 cm³/mol. The number of carbonyl (C=O) groups excluding carboxylic acids is 1. The molecular weight excluding hydrogens is 440 g/mol. The number of alkyl carbamates (subject to hydrolysis) is 1. The third kappa shape index (κ3) is 4.79. The van der Waals surface area contributed by atoms with E-state index in [0.717, 1.165) is 5.56 Å². The smallest absolute Gasteiger partial charge is 0.407 e. The number of anilines is 1. The fraction of sp³-hybridized carbons (Fsp3) is 0.294. The summed E-state index contributed by atoms with van der Waals surface area (Å²) in [4.78, 5) is 17.5. The summed E-state index contributed by atoms with van der Waals surface area (Å²) < 4.78 is 19.3. The van der Waals surface area contributed by atoms with Gasteiger partial charge in [-0.15, -0.1) is 0 Å². The second-order valence-electron chi connectivity index (χ2n) is 5.75. The molecule has 6 nitrogen and oxygen atoms in total. The highest BCUT2D eigenvalue weighted by molar-refractivity contribution is 14.1. The molecule has 1 saturated heterocycles. The number of aliphatic hydroxyl groups is 1. The van der Waals surface area contributed by atoms with Gasteiger partial charge in [-0.2, -0.15) is 4.39 Å². The Morgan fingerprint density at radius 1 is 1.36 bits per heavy atom. The Hall–Kier alpha value is -1.94. The summed E-state index contributed by atoms with van der Waals surface area (Å²) in [6, 6.07) is 11.9. The van der Waals surface area contributed by atoms with Crippen molar-refractivity contribution in [3.8, 4) is 0 Å². The average molecular weight is 457 g/mol. The summed E-state index contributed by atoms with van der Waals surface area (Å²) in [7, 11) is 0. The highest BCUT2D eigenvalue weighted by Gasteiger charge is 2.33. The number of benzene rings is 1. The van der Waals surface area contributed by atoms with Gasteiger partial charge in [0.25, 0.3) is 0 Å². The number of ether oxygens (including phenoxy) is 1. The first-order valence-corrected chi connectivity index (χ1v) is 8.82. The normalized spacial score (nSPS) is 19.7. The lowest BCUT2D eigenvalue weighted by Crippen LogP contribution is -2.43. The summed E-state index contributed by atoms with van der Waals surface area (Å²) >= 11 is 2.01. The van der Waals surface area contributed by atoms with Crippen molar-refractivity contribution in [1.29, 1.82) is 0 Å². The van der Waals surface area contributed by atoms with E-state index in [2.05, 4.69) is 10.3 Å². The molecule has 2 heterocycles. The van der Waals surface area contributed by atoms with Crippen LogP contribution in [0.15, 0.2) is 42.5 Å². The van der Waals surface area contributed by atoms with Gasteiger partial charge in [-0.3, -0.25) is 0 Å². The molecule has 0 saturated carbocycles. The van der Waals surface area contributed by atoms with E-state index >= 15 is 0 Å². The van der Waals surface area contributed by atoms with Crippen LogP contribution < -0.4 is 10.2 Å². The number of hydrogen-bond acceptors (Lipinski definition) is 5. The maximum atomic E-state index is 13.5. The highest BCUT2D eigenvalue weighted by atomic mass is 127. The number of pyridine rings is 1. The minimum Gasteiger partial charge on any atom is -0.445 e. The first kappa shape index (κ1) is 17.9. The quantitative estimate of drug-likeness (QED) is 0.545. The molecule has 1 fully saturated rings. The van der Waals surface area contributed by atoms with Crippen molar-refractivity contribution in [2.75, 3.05) is 18.0 Å². The van der Waals surface area contributed by atoms with Crippen LogP contribution in [-0.4, -0.2) is 41.4 Å². The number of halogens is 2. The van der Waals surface area contributed by atoms with E-state index in [1.165, 1.54) is 6.07 Å². The second kappa shape index (κ2) is 7.96. The average Bonchev–Trinajstić information content (AvgIpc) is 2.94. The molecule has 2 N–H and O–H groups in total. The summed E-state index contributed by atoms with van der Waals surface area (Å²) in [6.07, 6.45) is -1.39. The van der Waals surface area contributed by atoms with Crippen LogP contribution in [0.1, 0.15) is 5.56 Å². The van der Waals surface area contributed by atoms with Crippen molar-refractivity contribution < 1.29 is 19.0 Å². The number of β-amino-alcohol motifs (C(OH)–C–C–N with tert-alkyl or cyclic N) is 1. The van der Waals surface area contributed by atoms with Crippen LogP contribution in [0.5, 0.6) is 0 Å². The molecule has 1 amide bonds. The second-order valence-corrected chi connectivity index (χ2v) is 7.00. The van der Waals surface area contributed by atoms with E-state index in [-0.39, 0.29) is 13.2 Å². The Morgan fingerprint density at radius 3 is 2.84 bits per heavy atom. The zero-order chi connectivity index (χ0) is 17.8. The molecule has 3 rings (SSSR count). The van der Waals surface area contributed by atoms with E-state index in [0.29, 0.717) is 15.9 Å². The Balaban J connectivity index is 1.55. The van der Waals surface area contributed by atoms with Crippen LogP contribution in [0, 0.1) is 9.52 Å². The SMILES string of the molecule is O=C(NC1CN(c2cc(I)cc(F)n2)CC1O)OCc1ccccc1. The van der Waals surface area contributed by atoms with Crippen molar-refractivity contribution in [1.82, 2.24) is 10.3 Å². The van der Waals surface area contributed by atoms with Crippen molar-refractivity contribution in [2.24, 2.45) is 0 Å². The zero-order valence-corrected chi connectivity index (χ0v) is 15.4. The van der Waals surface area contributed by atoms with Gasteiger partial charge in [0.1, 0.15) is 12.4 Å². The van der Waals surface area contributed by atoms with E-state index in [1.807, 2.05) is 52.9 Å². The van der Waals surface area contributed by atoms with E-state index < -0.39 is 24.2 Å². The monoisotopic (exact) mass is 457 g/mol. The molecule has 8 heteroatoms. The van der Waals surface area contributed by atoms with Gasteiger partial charge >= 0.3 is 6.09 Å². The topological polar surface area (TPSA) is 74.7 Å². The lowest BCUT2D eigenvalue weighted by molar-refractivity contribution is 0.118. The van der Waals surface area contributed by atoms with Gasteiger partial charge in [0.05, 0.1) is 12.1 Å². The van der Waals surface area contributed by atoms with Gasteiger partial charge in [-0.1, -0.05) is 30.3 Å². The number of aliphatic hydroxyl groups excluding tert-OH is 1. The minimum absolute atomic E-state index is 0.156. The Bertz CT molecular complexity index is 727. The number of aromatic nitrogens is 1. The molecule has 1 aromatic heterocycles. The van der Waals surface area contributed by atoms with Gasteiger partial charge in [-0.05, 0) is 34.2 Å². The van der Waals surface area contributed by atoms with Gasteiger partial charge in [0.2, 0.25) is 5.95 Å². The lowest BCUT2D eigenvalue weighted by Gasteiger charge is -2.17.